The van der Waals surface area contributed by atoms with E-state index in [0.29, 0.717) is 37.3 Å². The van der Waals surface area contributed by atoms with Gasteiger partial charge in [-0.15, -0.1) is 0 Å². The zero-order valence-electron chi connectivity index (χ0n) is 20.1. The average molecular weight is 464 g/mol. The Morgan fingerprint density at radius 3 is 2.44 bits per heavy atom. The van der Waals surface area contributed by atoms with E-state index >= 15 is 0 Å². The minimum absolute atomic E-state index is 0.118. The first-order valence-electron chi connectivity index (χ1n) is 11.7. The van der Waals surface area contributed by atoms with Gasteiger partial charge in [0.15, 0.2) is 0 Å². The monoisotopic (exact) mass is 463 g/mol. The lowest BCUT2D eigenvalue weighted by atomic mass is 10.1. The molecule has 0 aliphatic carbocycles. The van der Waals surface area contributed by atoms with E-state index in [9.17, 15) is 9.90 Å². The molecule has 180 valence electrons. The Bertz CT molecular complexity index is 1240. The zero-order valence-corrected chi connectivity index (χ0v) is 20.1. The number of hydrogen-bond acceptors (Lipinski definition) is 5. The Labute approximate surface area is 200 Å². The van der Waals surface area contributed by atoms with Crippen LogP contribution in [0.25, 0.3) is 21.7 Å². The smallest absolute Gasteiger partial charge is 0.340 e. The van der Waals surface area contributed by atoms with Gasteiger partial charge < -0.3 is 24.3 Å². The van der Waals surface area contributed by atoms with Crippen LogP contribution in [0, 0.1) is 6.92 Å². The number of rotatable bonds is 8. The minimum Gasteiger partial charge on any atom is -0.508 e. The van der Waals surface area contributed by atoms with Crippen LogP contribution in [0.2, 0.25) is 0 Å². The molecule has 0 saturated carbocycles. The molecule has 0 radical (unpaired) electrons. The van der Waals surface area contributed by atoms with Crippen LogP contribution in [-0.4, -0.2) is 40.6 Å². The molecule has 1 heterocycles. The second kappa shape index (κ2) is 12.1. The summed E-state index contributed by atoms with van der Waals surface area (Å²) >= 11 is 0. The molecule has 6 heteroatoms. The Balaban J connectivity index is 0.000000588. The highest BCUT2D eigenvalue weighted by Crippen LogP contribution is 2.30. The van der Waals surface area contributed by atoms with Crippen LogP contribution in [0.5, 0.6) is 11.5 Å². The van der Waals surface area contributed by atoms with E-state index in [0.717, 1.165) is 35.2 Å². The number of carbonyl (C=O) groups is 1. The van der Waals surface area contributed by atoms with Crippen molar-refractivity contribution < 1.29 is 24.5 Å². The number of hydrogen-bond donors (Lipinski definition) is 2. The maximum Gasteiger partial charge on any atom is 0.340 e. The van der Waals surface area contributed by atoms with Crippen molar-refractivity contribution in [3.05, 3.63) is 71.9 Å². The molecule has 4 rings (SSSR count). The lowest BCUT2D eigenvalue weighted by Crippen LogP contribution is -2.11. The van der Waals surface area contributed by atoms with Crippen LogP contribution < -0.4 is 4.74 Å². The van der Waals surface area contributed by atoms with Crippen molar-refractivity contribution in [2.24, 2.45) is 0 Å². The van der Waals surface area contributed by atoms with E-state index in [1.807, 2.05) is 47.9 Å². The summed E-state index contributed by atoms with van der Waals surface area (Å²) in [6.45, 7) is 7.38. The van der Waals surface area contributed by atoms with Gasteiger partial charge in [-0.05, 0) is 61.4 Å². The fourth-order valence-corrected chi connectivity index (χ4v) is 3.89. The van der Waals surface area contributed by atoms with Crippen molar-refractivity contribution in [1.29, 1.82) is 0 Å². The van der Waals surface area contributed by atoms with Gasteiger partial charge in [-0.25, -0.2) is 4.79 Å². The third-order valence-electron chi connectivity index (χ3n) is 5.60. The number of unbranched alkanes of at least 4 members (excludes halogenated alkanes) is 1. The normalized spacial score (nSPS) is 10.7. The molecule has 0 amide bonds. The lowest BCUT2D eigenvalue weighted by Gasteiger charge is -2.11. The van der Waals surface area contributed by atoms with Crippen LogP contribution in [-0.2, 0) is 11.3 Å². The fourth-order valence-electron chi connectivity index (χ4n) is 3.89. The molecule has 0 atom stereocenters. The highest BCUT2D eigenvalue weighted by atomic mass is 16.5. The summed E-state index contributed by atoms with van der Waals surface area (Å²) in [5, 5.41) is 20.9. The summed E-state index contributed by atoms with van der Waals surface area (Å²) in [6.07, 6.45) is 2.04. The van der Waals surface area contributed by atoms with E-state index < -0.39 is 0 Å². The van der Waals surface area contributed by atoms with Gasteiger partial charge in [-0.1, -0.05) is 43.7 Å². The first kappa shape index (κ1) is 25.1. The molecule has 0 aliphatic rings. The highest BCUT2D eigenvalue weighted by molar-refractivity contribution is 6.06. The maximum absolute atomic E-state index is 12.5. The largest absolute Gasteiger partial charge is 0.508 e. The molecule has 0 bridgehead atoms. The van der Waals surface area contributed by atoms with Gasteiger partial charge in [-0.3, -0.25) is 0 Å². The Hall–Kier alpha value is -3.51. The summed E-state index contributed by atoms with van der Waals surface area (Å²) in [5.74, 6) is 0.545. The van der Waals surface area contributed by atoms with E-state index in [1.165, 1.54) is 5.39 Å². The molecule has 2 N–H and O–H groups in total. The number of phenols is 1. The van der Waals surface area contributed by atoms with Crippen molar-refractivity contribution in [3.63, 3.8) is 0 Å². The Kier molecular flexibility index (Phi) is 8.93. The number of aromatic hydroxyl groups is 1. The first-order valence-corrected chi connectivity index (χ1v) is 11.7. The molecular weight excluding hydrogens is 430 g/mol. The van der Waals surface area contributed by atoms with Gasteiger partial charge in [0.05, 0.1) is 18.7 Å². The predicted octanol–water partition coefficient (Wildman–Crippen LogP) is 5.84. The van der Waals surface area contributed by atoms with Gasteiger partial charge in [-0.2, -0.15) is 0 Å². The molecule has 0 unspecified atom stereocenters. The molecule has 0 saturated heterocycles. The Morgan fingerprint density at radius 1 is 1.00 bits per heavy atom. The van der Waals surface area contributed by atoms with Crippen molar-refractivity contribution in [1.82, 2.24) is 4.57 Å². The number of aromatic nitrogens is 1. The number of ether oxygens (including phenoxy) is 2. The summed E-state index contributed by atoms with van der Waals surface area (Å²) < 4.78 is 13.2. The molecule has 4 aromatic rings. The third-order valence-corrected chi connectivity index (χ3v) is 5.60. The number of aliphatic hydroxyl groups is 1. The predicted molar refractivity (Wildman–Crippen MR) is 136 cm³/mol. The summed E-state index contributed by atoms with van der Waals surface area (Å²) in [7, 11) is 0. The summed E-state index contributed by atoms with van der Waals surface area (Å²) in [4.78, 5) is 12.5. The number of carbonyl (C=O) groups excluding carboxylic acids is 1. The van der Waals surface area contributed by atoms with E-state index in [4.69, 9.17) is 14.6 Å². The van der Waals surface area contributed by atoms with E-state index in [1.54, 1.807) is 19.1 Å². The molecular formula is C28H33NO5. The molecule has 6 nitrogen and oxygen atoms in total. The standard InChI is InChI=1S/C24H23NO4.C4H10O/c1-3-28-24(27)23-16(2)25(22-11-9-19(26)15-21(22)23)12-13-29-20-10-8-17-6-4-5-7-18(17)14-20;1-2-3-4-5/h4-11,14-15,26H,3,12-13H2,1-2H3;5H,2-4H2,1H3. The summed E-state index contributed by atoms with van der Waals surface area (Å²) in [6, 6.07) is 19.2. The van der Waals surface area contributed by atoms with Gasteiger partial charge in [0.25, 0.3) is 0 Å². The van der Waals surface area contributed by atoms with Gasteiger partial charge >= 0.3 is 5.97 Å². The fraction of sp³-hybridized carbons (Fsp3) is 0.321. The number of benzene rings is 3. The lowest BCUT2D eigenvalue weighted by molar-refractivity contribution is 0.0527. The number of phenolic OH excluding ortho intramolecular Hbond substituents is 1. The number of nitrogens with zero attached hydrogens (tertiary/aromatic N) is 1. The quantitative estimate of drug-likeness (QED) is 0.321. The number of fused-ring (bicyclic) bond motifs is 2. The van der Waals surface area contributed by atoms with Gasteiger partial charge in [0.2, 0.25) is 0 Å². The van der Waals surface area contributed by atoms with Crippen molar-refractivity contribution in [2.45, 2.75) is 40.2 Å². The Morgan fingerprint density at radius 2 is 1.76 bits per heavy atom. The van der Waals surface area contributed by atoms with Crippen molar-refractivity contribution in [2.75, 3.05) is 19.8 Å². The topological polar surface area (TPSA) is 80.9 Å². The van der Waals surface area contributed by atoms with Crippen LogP contribution >= 0.6 is 0 Å². The van der Waals surface area contributed by atoms with Crippen LogP contribution in [0.3, 0.4) is 0 Å². The highest BCUT2D eigenvalue weighted by Gasteiger charge is 2.21. The molecule has 0 spiro atoms. The molecule has 0 fully saturated rings. The van der Waals surface area contributed by atoms with Gasteiger partial charge in [0.1, 0.15) is 18.1 Å². The van der Waals surface area contributed by atoms with Gasteiger partial charge in [0, 0.05) is 23.2 Å². The molecule has 1 aromatic heterocycles. The summed E-state index contributed by atoms with van der Waals surface area (Å²) in [5.41, 5.74) is 2.15. The molecule has 34 heavy (non-hydrogen) atoms. The van der Waals surface area contributed by atoms with Crippen molar-refractivity contribution in [3.8, 4) is 11.5 Å². The van der Waals surface area contributed by atoms with Crippen LogP contribution in [0.15, 0.2) is 60.7 Å². The van der Waals surface area contributed by atoms with Crippen LogP contribution in [0.4, 0.5) is 0 Å². The van der Waals surface area contributed by atoms with E-state index in [-0.39, 0.29) is 11.7 Å². The second-order valence-electron chi connectivity index (χ2n) is 7.97. The maximum atomic E-state index is 12.5. The molecule has 0 aliphatic heterocycles. The van der Waals surface area contributed by atoms with E-state index in [2.05, 4.69) is 19.1 Å². The van der Waals surface area contributed by atoms with Crippen LogP contribution in [0.1, 0.15) is 42.7 Å². The first-order chi connectivity index (χ1) is 16.5. The van der Waals surface area contributed by atoms with Crippen molar-refractivity contribution >= 4 is 27.6 Å². The second-order valence-corrected chi connectivity index (χ2v) is 7.97. The number of aliphatic hydroxyl groups excluding tert-OH is 1. The third kappa shape index (κ3) is 5.88. The minimum atomic E-state index is -0.380. The average Bonchev–Trinajstić information content (AvgIpc) is 3.10. The SMILES string of the molecule is CCCCO.CCOC(=O)c1c(C)n(CCOc2ccc3ccccc3c2)c2ccc(O)cc12. The zero-order chi connectivity index (χ0) is 24.5. The molecule has 3 aromatic carbocycles. The number of esters is 1.